The molecule has 2 atom stereocenters. The van der Waals surface area contributed by atoms with Crippen molar-refractivity contribution in [3.8, 4) is 0 Å². The number of rotatable bonds is 13. The Kier molecular flexibility index (Phi) is 12.7. The normalized spacial score (nSPS) is 12.7. The van der Waals surface area contributed by atoms with Crippen molar-refractivity contribution < 1.29 is 9.59 Å². The third kappa shape index (κ3) is 13.3. The highest BCUT2D eigenvalue weighted by molar-refractivity contribution is 14.1. The lowest BCUT2D eigenvalue weighted by atomic mass is 10.1. The molecule has 25 heavy (non-hydrogen) atoms. The number of amides is 1. The van der Waals surface area contributed by atoms with Crippen molar-refractivity contribution in [2.24, 2.45) is 17.2 Å². The van der Waals surface area contributed by atoms with Crippen molar-refractivity contribution in [1.29, 1.82) is 10.8 Å². The van der Waals surface area contributed by atoms with E-state index in [4.69, 9.17) is 28.0 Å². The van der Waals surface area contributed by atoms with Gasteiger partial charge in [0.25, 0.3) is 0 Å². The summed E-state index contributed by atoms with van der Waals surface area (Å²) in [6.07, 6.45) is 3.93. The topological polar surface area (TPSA) is 196 Å². The van der Waals surface area contributed by atoms with Crippen LogP contribution in [-0.2, 0) is 9.59 Å². The molecule has 0 saturated carbocycles. The fourth-order valence-corrected chi connectivity index (χ4v) is 2.53. The average molecular weight is 468 g/mol. The summed E-state index contributed by atoms with van der Waals surface area (Å²) in [6, 6.07) is -1.23. The van der Waals surface area contributed by atoms with Gasteiger partial charge in [0.1, 0.15) is 0 Å². The summed E-state index contributed by atoms with van der Waals surface area (Å²) >= 11 is 1.67. The van der Waals surface area contributed by atoms with Gasteiger partial charge in [-0.1, -0.05) is 0 Å². The quantitative estimate of drug-likeness (QED) is 0.0561. The van der Waals surface area contributed by atoms with Gasteiger partial charge in [-0.15, -0.1) is 0 Å². The van der Waals surface area contributed by atoms with Crippen molar-refractivity contribution in [3.63, 3.8) is 0 Å². The molecule has 0 spiro atoms. The Hall–Kier alpha value is -1.63. The highest BCUT2D eigenvalue weighted by Crippen LogP contribution is 2.07. The zero-order valence-corrected chi connectivity index (χ0v) is 16.4. The molecular weight excluding hydrogens is 439 g/mol. The van der Waals surface area contributed by atoms with Gasteiger partial charge in [0.05, 0.1) is 12.1 Å². The molecule has 10 nitrogen and oxygen atoms in total. The van der Waals surface area contributed by atoms with Crippen LogP contribution in [0.1, 0.15) is 38.5 Å². The Morgan fingerprint density at radius 3 is 1.84 bits per heavy atom. The highest BCUT2D eigenvalue weighted by Gasteiger charge is 2.21. The summed E-state index contributed by atoms with van der Waals surface area (Å²) < 4.78 is -0.136. The fourth-order valence-electron chi connectivity index (χ4n) is 2.06. The standard InChI is InChI=1S/C14H29IN8O2/c15-11(24)10(6-2-4-8-22-14(19)20)23-12(25)9(16)5-1-3-7-21-13(17)18/h9-10H,1-8,16H2,(H,23,25)(H4,17,18,21)(H4,19,20,22)/t9-,10-/m0/s1. The second kappa shape index (κ2) is 13.6. The Balaban J connectivity index is 4.06. The molecule has 0 unspecified atom stereocenters. The van der Waals surface area contributed by atoms with E-state index in [1.54, 1.807) is 22.6 Å². The smallest absolute Gasteiger partial charge is 0.237 e. The number of hydrogen-bond donors (Lipinski definition) is 8. The molecule has 0 fully saturated rings. The monoisotopic (exact) mass is 468 g/mol. The molecule has 11 heteroatoms. The van der Waals surface area contributed by atoms with Crippen LogP contribution in [0.2, 0.25) is 0 Å². The lowest BCUT2D eigenvalue weighted by molar-refractivity contribution is -0.125. The summed E-state index contributed by atoms with van der Waals surface area (Å²) in [6.45, 7) is 1.12. The predicted molar refractivity (Wildman–Crippen MR) is 106 cm³/mol. The summed E-state index contributed by atoms with van der Waals surface area (Å²) in [4.78, 5) is 23.7. The Morgan fingerprint density at radius 1 is 0.920 bits per heavy atom. The van der Waals surface area contributed by atoms with E-state index in [-0.39, 0.29) is 21.6 Å². The van der Waals surface area contributed by atoms with E-state index in [1.165, 1.54) is 0 Å². The van der Waals surface area contributed by atoms with Crippen molar-refractivity contribution in [2.45, 2.75) is 50.6 Å². The van der Waals surface area contributed by atoms with Crippen molar-refractivity contribution in [1.82, 2.24) is 16.0 Å². The second-order valence-electron chi connectivity index (χ2n) is 5.64. The number of unbranched alkanes of at least 4 members (excludes halogenated alkanes) is 2. The summed E-state index contributed by atoms with van der Waals surface area (Å²) in [5, 5.41) is 22.1. The Labute approximate surface area is 161 Å². The molecule has 0 saturated heterocycles. The van der Waals surface area contributed by atoms with Gasteiger partial charge in [-0.05, 0) is 38.5 Å². The van der Waals surface area contributed by atoms with E-state index in [2.05, 4.69) is 16.0 Å². The molecule has 0 aliphatic rings. The SMILES string of the molecule is N=C(N)NCCCC[C@H](NC(=O)[C@@H](N)CCCCNC(=N)N)C(=O)I. The molecule has 0 rings (SSSR count). The number of halogens is 1. The van der Waals surface area contributed by atoms with Crippen LogP contribution in [0.3, 0.4) is 0 Å². The van der Waals surface area contributed by atoms with Gasteiger partial charge < -0.3 is 33.2 Å². The fraction of sp³-hybridized carbons (Fsp3) is 0.714. The van der Waals surface area contributed by atoms with E-state index in [9.17, 15) is 9.59 Å². The van der Waals surface area contributed by atoms with Crippen LogP contribution in [-0.4, -0.2) is 46.8 Å². The van der Waals surface area contributed by atoms with E-state index < -0.39 is 12.1 Å². The van der Waals surface area contributed by atoms with Gasteiger partial charge in [-0.3, -0.25) is 20.4 Å². The molecule has 0 bridgehead atoms. The van der Waals surface area contributed by atoms with Gasteiger partial charge in [-0.2, -0.15) is 0 Å². The van der Waals surface area contributed by atoms with Crippen molar-refractivity contribution in [3.05, 3.63) is 0 Å². The average Bonchev–Trinajstić information content (AvgIpc) is 2.51. The van der Waals surface area contributed by atoms with Gasteiger partial charge in [0, 0.05) is 35.7 Å². The zero-order chi connectivity index (χ0) is 19.2. The third-order valence-electron chi connectivity index (χ3n) is 3.42. The zero-order valence-electron chi connectivity index (χ0n) is 14.2. The molecule has 0 radical (unpaired) electrons. The van der Waals surface area contributed by atoms with E-state index in [1.807, 2.05) is 0 Å². The van der Waals surface area contributed by atoms with E-state index in [0.717, 1.165) is 12.8 Å². The van der Waals surface area contributed by atoms with Gasteiger partial charge >= 0.3 is 0 Å². The molecule has 144 valence electrons. The molecule has 0 aromatic rings. The minimum Gasteiger partial charge on any atom is -0.370 e. The second-order valence-corrected chi connectivity index (χ2v) is 6.71. The van der Waals surface area contributed by atoms with E-state index in [0.29, 0.717) is 38.8 Å². The lowest BCUT2D eigenvalue weighted by Crippen LogP contribution is -2.47. The maximum atomic E-state index is 12.1. The minimum absolute atomic E-state index is 0.0797. The van der Waals surface area contributed by atoms with Crippen LogP contribution in [0.4, 0.5) is 0 Å². The largest absolute Gasteiger partial charge is 0.370 e. The summed E-state index contributed by atoms with van der Waals surface area (Å²) in [5.41, 5.74) is 16.2. The molecular formula is C14H29IN8O2. The van der Waals surface area contributed by atoms with Crippen LogP contribution in [0, 0.1) is 10.8 Å². The number of nitrogens with two attached hydrogens (primary N) is 3. The number of guanidine groups is 2. The number of carbonyl (C=O) groups is 2. The molecule has 0 aromatic carbocycles. The number of nitrogens with one attached hydrogen (secondary N) is 5. The van der Waals surface area contributed by atoms with Crippen LogP contribution in [0.15, 0.2) is 0 Å². The third-order valence-corrected chi connectivity index (χ3v) is 4.17. The molecule has 0 aliphatic carbocycles. The maximum absolute atomic E-state index is 12.1. The van der Waals surface area contributed by atoms with Crippen molar-refractivity contribution in [2.75, 3.05) is 13.1 Å². The van der Waals surface area contributed by atoms with Crippen LogP contribution in [0.5, 0.6) is 0 Å². The minimum atomic E-state index is -0.671. The molecule has 0 aromatic heterocycles. The number of carbonyl (C=O) groups excluding carboxylic acids is 2. The van der Waals surface area contributed by atoms with Gasteiger partial charge in [0.2, 0.25) is 9.70 Å². The molecule has 1 amide bonds. The molecule has 0 heterocycles. The Morgan fingerprint density at radius 2 is 1.40 bits per heavy atom. The molecule has 11 N–H and O–H groups in total. The molecule has 0 aliphatic heterocycles. The van der Waals surface area contributed by atoms with Gasteiger partial charge in [0.15, 0.2) is 11.9 Å². The first-order valence-electron chi connectivity index (χ1n) is 8.15. The number of hydrogen-bond acceptors (Lipinski definition) is 5. The summed E-state index contributed by atoms with van der Waals surface area (Å²) in [5.74, 6) is -0.500. The maximum Gasteiger partial charge on any atom is 0.237 e. The summed E-state index contributed by atoms with van der Waals surface area (Å²) in [7, 11) is 0. The van der Waals surface area contributed by atoms with Gasteiger partial charge in [-0.25, -0.2) is 0 Å². The van der Waals surface area contributed by atoms with Crippen LogP contribution >= 0.6 is 22.6 Å². The highest BCUT2D eigenvalue weighted by atomic mass is 127. The van der Waals surface area contributed by atoms with E-state index >= 15 is 0 Å². The first-order valence-corrected chi connectivity index (χ1v) is 9.23. The van der Waals surface area contributed by atoms with Crippen molar-refractivity contribution >= 4 is 44.2 Å². The first kappa shape index (κ1) is 23.4. The lowest BCUT2D eigenvalue weighted by Gasteiger charge is -2.18. The first-order chi connectivity index (χ1) is 11.7. The van der Waals surface area contributed by atoms with Crippen LogP contribution in [0.25, 0.3) is 0 Å². The van der Waals surface area contributed by atoms with Crippen LogP contribution < -0.4 is 33.2 Å². The Bertz CT molecular complexity index is 460. The predicted octanol–water partition coefficient (Wildman–Crippen LogP) is -0.933.